The Balaban J connectivity index is 1.86. The summed E-state index contributed by atoms with van der Waals surface area (Å²) in [6.07, 6.45) is 3.30. The summed E-state index contributed by atoms with van der Waals surface area (Å²) < 4.78 is 1.05. The van der Waals surface area contributed by atoms with Gasteiger partial charge >= 0.3 is 0 Å². The topological polar surface area (TPSA) is 100 Å². The van der Waals surface area contributed by atoms with Crippen LogP contribution in [0.2, 0.25) is 0 Å². The molecule has 2 N–H and O–H groups in total. The number of aryl methyl sites for hydroxylation is 1. The average Bonchev–Trinajstić information content (AvgIpc) is 3.29. The van der Waals surface area contributed by atoms with Crippen molar-refractivity contribution in [1.29, 1.82) is 0 Å². The van der Waals surface area contributed by atoms with E-state index in [2.05, 4.69) is 29.9 Å². The fraction of sp³-hybridized carbons (Fsp3) is 0.0556. The molecule has 0 aliphatic heterocycles. The zero-order chi connectivity index (χ0) is 17.7. The van der Waals surface area contributed by atoms with Crippen molar-refractivity contribution in [3.8, 4) is 22.6 Å². The zero-order valence-electron chi connectivity index (χ0n) is 13.6. The largest absolute Gasteiger partial charge is 0.345 e. The number of rotatable bonds is 2. The van der Waals surface area contributed by atoms with E-state index in [1.807, 2.05) is 30.6 Å². The molecule has 1 aromatic carbocycles. The fourth-order valence-corrected chi connectivity index (χ4v) is 3.63. The van der Waals surface area contributed by atoms with E-state index in [1.165, 1.54) is 6.07 Å². The van der Waals surface area contributed by atoms with Gasteiger partial charge in [0.05, 0.1) is 33.3 Å². The summed E-state index contributed by atoms with van der Waals surface area (Å²) in [5.41, 5.74) is 6.24. The fourth-order valence-electron chi connectivity index (χ4n) is 2.92. The lowest BCUT2D eigenvalue weighted by molar-refractivity contribution is 1.14. The molecule has 5 rings (SSSR count). The minimum Gasteiger partial charge on any atom is -0.345 e. The third-order valence-corrected chi connectivity index (χ3v) is 4.94. The molecule has 0 atom stereocenters. The molecule has 26 heavy (non-hydrogen) atoms. The number of hydrogen-bond acceptors (Lipinski definition) is 6. The average molecular weight is 360 g/mol. The van der Waals surface area contributed by atoms with Gasteiger partial charge in [0, 0.05) is 17.8 Å². The highest BCUT2D eigenvalue weighted by atomic mass is 32.1. The molecular formula is C18H12N6OS. The second kappa shape index (κ2) is 5.57. The molecule has 0 aliphatic carbocycles. The highest BCUT2D eigenvalue weighted by molar-refractivity contribution is 7.16. The Kier molecular flexibility index (Phi) is 3.19. The van der Waals surface area contributed by atoms with Crippen LogP contribution in [0, 0.1) is 6.92 Å². The Morgan fingerprint density at radius 3 is 2.85 bits per heavy atom. The van der Waals surface area contributed by atoms with Gasteiger partial charge in [-0.15, -0.1) is 11.3 Å². The number of thiazole rings is 1. The van der Waals surface area contributed by atoms with Crippen LogP contribution >= 0.6 is 11.3 Å². The normalized spacial score (nSPS) is 11.4. The number of fused-ring (bicyclic) bond motifs is 2. The first-order valence-electron chi connectivity index (χ1n) is 7.94. The van der Waals surface area contributed by atoms with E-state index in [1.54, 1.807) is 23.7 Å². The van der Waals surface area contributed by atoms with Crippen LogP contribution < -0.4 is 5.43 Å². The first-order chi connectivity index (χ1) is 12.7. The quantitative estimate of drug-likeness (QED) is 0.503. The number of H-pyrrole nitrogens is 2. The summed E-state index contributed by atoms with van der Waals surface area (Å²) in [6, 6.07) is 7.37. The van der Waals surface area contributed by atoms with Gasteiger partial charge in [-0.2, -0.15) is 0 Å². The number of benzene rings is 1. The number of hydrogen-bond donors (Lipinski definition) is 2. The van der Waals surface area contributed by atoms with Crippen LogP contribution in [0.5, 0.6) is 0 Å². The maximum atomic E-state index is 12.2. The van der Waals surface area contributed by atoms with E-state index in [0.717, 1.165) is 27.3 Å². The molecule has 0 saturated heterocycles. The van der Waals surface area contributed by atoms with E-state index in [0.29, 0.717) is 22.6 Å². The molecule has 0 unspecified atom stereocenters. The third kappa shape index (κ3) is 2.31. The second-order valence-corrected chi connectivity index (χ2v) is 6.76. The molecule has 0 amide bonds. The lowest BCUT2D eigenvalue weighted by atomic mass is 10.1. The SMILES string of the molecule is Cc1ncc(-c2nc3[nH]ccc(=O)c3nc2-c2ccc3ncsc3c2)[nH]1. The molecule has 4 aromatic heterocycles. The van der Waals surface area contributed by atoms with Crippen molar-refractivity contribution in [1.82, 2.24) is 29.9 Å². The summed E-state index contributed by atoms with van der Waals surface area (Å²) in [4.78, 5) is 36.3. The number of imidazole rings is 1. The van der Waals surface area contributed by atoms with Crippen molar-refractivity contribution >= 4 is 32.7 Å². The van der Waals surface area contributed by atoms with Gasteiger partial charge in [0.15, 0.2) is 11.2 Å². The number of nitrogens with one attached hydrogen (secondary N) is 2. The van der Waals surface area contributed by atoms with E-state index in [-0.39, 0.29) is 5.43 Å². The highest BCUT2D eigenvalue weighted by Crippen LogP contribution is 2.31. The summed E-state index contributed by atoms with van der Waals surface area (Å²) in [7, 11) is 0. The van der Waals surface area contributed by atoms with Crippen LogP contribution in [0.3, 0.4) is 0 Å². The molecule has 0 saturated carbocycles. The predicted octanol–water partition coefficient (Wildman–Crippen LogP) is 3.29. The lowest BCUT2D eigenvalue weighted by Gasteiger charge is -2.08. The monoisotopic (exact) mass is 360 g/mol. The first-order valence-corrected chi connectivity index (χ1v) is 8.82. The number of pyridine rings is 1. The second-order valence-electron chi connectivity index (χ2n) is 5.88. The maximum Gasteiger partial charge on any atom is 0.209 e. The zero-order valence-corrected chi connectivity index (χ0v) is 14.5. The maximum absolute atomic E-state index is 12.2. The van der Waals surface area contributed by atoms with Crippen LogP contribution in [0.1, 0.15) is 5.82 Å². The molecule has 0 fully saturated rings. The van der Waals surface area contributed by atoms with E-state index in [4.69, 9.17) is 0 Å². The molecule has 8 heteroatoms. The summed E-state index contributed by atoms with van der Waals surface area (Å²) in [5, 5.41) is 0. The molecule has 0 spiro atoms. The van der Waals surface area contributed by atoms with E-state index >= 15 is 0 Å². The number of aromatic nitrogens is 6. The van der Waals surface area contributed by atoms with Crippen LogP contribution in [-0.2, 0) is 0 Å². The first kappa shape index (κ1) is 14.9. The van der Waals surface area contributed by atoms with Gasteiger partial charge in [0.1, 0.15) is 11.5 Å². The number of aromatic amines is 2. The molecule has 4 heterocycles. The molecule has 0 bridgehead atoms. The van der Waals surface area contributed by atoms with Gasteiger partial charge < -0.3 is 9.97 Å². The summed E-state index contributed by atoms with van der Waals surface area (Å²) >= 11 is 1.56. The minimum atomic E-state index is -0.168. The van der Waals surface area contributed by atoms with Crippen molar-refractivity contribution in [3.05, 3.63) is 58.2 Å². The van der Waals surface area contributed by atoms with Gasteiger partial charge in [-0.1, -0.05) is 6.07 Å². The standard InChI is InChI=1S/C18H12N6OS/c1-9-20-7-12(22-9)16-15(10-2-3-11-14(6-10)26-8-21-11)23-17-13(25)4-5-19-18(17)24-16/h2-8H,1H3,(H,20,22)(H,19,24,25). The van der Waals surface area contributed by atoms with Crippen molar-refractivity contribution < 1.29 is 0 Å². The molecular weight excluding hydrogens is 348 g/mol. The molecule has 7 nitrogen and oxygen atoms in total. The van der Waals surface area contributed by atoms with Crippen molar-refractivity contribution in [3.63, 3.8) is 0 Å². The van der Waals surface area contributed by atoms with E-state index < -0.39 is 0 Å². The van der Waals surface area contributed by atoms with Crippen molar-refractivity contribution in [2.45, 2.75) is 6.92 Å². The lowest BCUT2D eigenvalue weighted by Crippen LogP contribution is -2.06. The Morgan fingerprint density at radius 1 is 1.08 bits per heavy atom. The van der Waals surface area contributed by atoms with Gasteiger partial charge in [-0.25, -0.2) is 19.9 Å². The minimum absolute atomic E-state index is 0.168. The third-order valence-electron chi connectivity index (χ3n) is 4.15. The van der Waals surface area contributed by atoms with Gasteiger partial charge in [-0.3, -0.25) is 4.79 Å². The Labute approximate surface area is 150 Å². The van der Waals surface area contributed by atoms with Crippen LogP contribution in [0.25, 0.3) is 44.0 Å². The highest BCUT2D eigenvalue weighted by Gasteiger charge is 2.17. The molecule has 126 valence electrons. The Morgan fingerprint density at radius 2 is 2.00 bits per heavy atom. The van der Waals surface area contributed by atoms with E-state index in [9.17, 15) is 4.79 Å². The molecule has 0 radical (unpaired) electrons. The van der Waals surface area contributed by atoms with Gasteiger partial charge in [0.2, 0.25) is 5.43 Å². The van der Waals surface area contributed by atoms with Crippen LogP contribution in [0.15, 0.2) is 47.0 Å². The molecule has 5 aromatic rings. The van der Waals surface area contributed by atoms with Crippen molar-refractivity contribution in [2.75, 3.05) is 0 Å². The number of nitrogens with zero attached hydrogens (tertiary/aromatic N) is 4. The summed E-state index contributed by atoms with van der Waals surface area (Å²) in [5.74, 6) is 0.785. The predicted molar refractivity (Wildman–Crippen MR) is 101 cm³/mol. The smallest absolute Gasteiger partial charge is 0.209 e. The van der Waals surface area contributed by atoms with Crippen LogP contribution in [0.4, 0.5) is 0 Å². The molecule has 0 aliphatic rings. The van der Waals surface area contributed by atoms with Gasteiger partial charge in [-0.05, 0) is 19.1 Å². The van der Waals surface area contributed by atoms with Crippen LogP contribution in [-0.4, -0.2) is 29.9 Å². The Hall–Kier alpha value is -3.39. The van der Waals surface area contributed by atoms with Gasteiger partial charge in [0.25, 0.3) is 0 Å². The van der Waals surface area contributed by atoms with Crippen molar-refractivity contribution in [2.24, 2.45) is 0 Å². The Bertz CT molecular complexity index is 1330. The summed E-state index contributed by atoms with van der Waals surface area (Å²) in [6.45, 7) is 1.88.